The van der Waals surface area contributed by atoms with Crippen molar-refractivity contribution in [3.8, 4) is 0 Å². The molecule has 1 aromatic rings. The van der Waals surface area contributed by atoms with Crippen LogP contribution in [0.1, 0.15) is 18.0 Å². The number of halogens is 4. The fourth-order valence-electron chi connectivity index (χ4n) is 1.18. The van der Waals surface area contributed by atoms with Gasteiger partial charge in [0.1, 0.15) is 11.6 Å². The third-order valence-corrected chi connectivity index (χ3v) is 2.16. The van der Waals surface area contributed by atoms with Gasteiger partial charge in [-0.15, -0.1) is 19.0 Å². The molecule has 1 aromatic carbocycles. The number of hydrogen-bond acceptors (Lipinski definition) is 1. The maximum Gasteiger partial charge on any atom is 0.149 e. The van der Waals surface area contributed by atoms with Crippen LogP contribution < -0.4 is 5.73 Å². The zero-order chi connectivity index (χ0) is 10.7. The van der Waals surface area contributed by atoms with Gasteiger partial charge in [0.2, 0.25) is 0 Å². The molecule has 0 aliphatic rings. The van der Waals surface area contributed by atoms with Crippen LogP contribution in [0.5, 0.6) is 0 Å². The summed E-state index contributed by atoms with van der Waals surface area (Å²) in [5, 5.41) is -0.124. The largest absolute Gasteiger partial charge is 0.324 e. The topological polar surface area (TPSA) is 26.0 Å². The van der Waals surface area contributed by atoms with E-state index in [1.54, 1.807) is 0 Å². The molecule has 0 aliphatic heterocycles. The Kier molecular flexibility index (Phi) is 5.80. The van der Waals surface area contributed by atoms with Crippen LogP contribution in [0.25, 0.3) is 0 Å². The molecule has 0 aromatic heterocycles. The number of rotatable bonds is 3. The average Bonchev–Trinajstić information content (AvgIpc) is 2.13. The minimum Gasteiger partial charge on any atom is -0.324 e. The van der Waals surface area contributed by atoms with Crippen molar-refractivity contribution in [2.75, 3.05) is 0 Å². The van der Waals surface area contributed by atoms with Gasteiger partial charge in [0.25, 0.3) is 0 Å². The number of benzene rings is 1. The third-order valence-electron chi connectivity index (χ3n) is 1.87. The molecule has 0 radical (unpaired) electrons. The van der Waals surface area contributed by atoms with Crippen molar-refractivity contribution in [3.63, 3.8) is 0 Å². The lowest BCUT2D eigenvalue weighted by atomic mass is 10.0. The average molecular weight is 254 g/mol. The summed E-state index contributed by atoms with van der Waals surface area (Å²) in [6.45, 7) is 3.45. The van der Waals surface area contributed by atoms with E-state index >= 15 is 0 Å². The second-order valence-corrected chi connectivity index (χ2v) is 3.29. The van der Waals surface area contributed by atoms with Crippen LogP contribution in [-0.2, 0) is 0 Å². The van der Waals surface area contributed by atoms with Crippen LogP contribution in [-0.4, -0.2) is 0 Å². The summed E-state index contributed by atoms with van der Waals surface area (Å²) in [5.74, 6) is -1.47. The minimum absolute atomic E-state index is 0. The molecular weight excluding hydrogens is 243 g/mol. The van der Waals surface area contributed by atoms with E-state index in [4.69, 9.17) is 17.3 Å². The summed E-state index contributed by atoms with van der Waals surface area (Å²) >= 11 is 5.51. The van der Waals surface area contributed by atoms with Crippen molar-refractivity contribution < 1.29 is 8.78 Å². The Bertz CT molecular complexity index is 356. The molecule has 0 fully saturated rings. The molecule has 15 heavy (non-hydrogen) atoms. The Hall–Kier alpha value is -0.640. The molecule has 0 heterocycles. The van der Waals surface area contributed by atoms with Gasteiger partial charge in [0.05, 0.1) is 5.02 Å². The molecule has 0 bridgehead atoms. The van der Waals surface area contributed by atoms with Gasteiger partial charge in [-0.3, -0.25) is 0 Å². The van der Waals surface area contributed by atoms with Gasteiger partial charge in [-0.25, -0.2) is 8.78 Å². The smallest absolute Gasteiger partial charge is 0.149 e. The molecule has 0 amide bonds. The first-order valence-corrected chi connectivity index (χ1v) is 4.45. The Labute approximate surface area is 98.3 Å². The Morgan fingerprint density at radius 1 is 1.47 bits per heavy atom. The predicted octanol–water partition coefficient (Wildman–Crippen LogP) is 3.62. The lowest BCUT2D eigenvalue weighted by Gasteiger charge is -2.12. The van der Waals surface area contributed by atoms with Crippen molar-refractivity contribution in [1.82, 2.24) is 0 Å². The van der Waals surface area contributed by atoms with Crippen molar-refractivity contribution in [2.45, 2.75) is 12.5 Å². The van der Waals surface area contributed by atoms with Gasteiger partial charge >= 0.3 is 0 Å². The van der Waals surface area contributed by atoms with Crippen LogP contribution >= 0.6 is 24.0 Å². The first-order chi connectivity index (χ1) is 6.57. The molecule has 1 atom stereocenters. The van der Waals surface area contributed by atoms with Gasteiger partial charge in [-0.2, -0.15) is 0 Å². The number of nitrogens with two attached hydrogens (primary N) is 1. The monoisotopic (exact) mass is 253 g/mol. The van der Waals surface area contributed by atoms with Crippen molar-refractivity contribution >= 4 is 24.0 Å². The summed E-state index contributed by atoms with van der Waals surface area (Å²) in [5.41, 5.74) is 5.38. The third kappa shape index (κ3) is 3.16. The molecule has 84 valence electrons. The van der Waals surface area contributed by atoms with E-state index in [-0.39, 0.29) is 23.0 Å². The van der Waals surface area contributed by atoms with Gasteiger partial charge in [0.15, 0.2) is 0 Å². The van der Waals surface area contributed by atoms with Crippen LogP contribution in [0, 0.1) is 11.6 Å². The Morgan fingerprint density at radius 2 is 2.07 bits per heavy atom. The molecule has 0 saturated heterocycles. The minimum atomic E-state index is -0.791. The summed E-state index contributed by atoms with van der Waals surface area (Å²) in [7, 11) is 0. The Morgan fingerprint density at radius 3 is 2.60 bits per heavy atom. The van der Waals surface area contributed by atoms with E-state index in [1.807, 2.05) is 0 Å². The SMILES string of the molecule is C=CC[C@H](N)c1c(F)ccc(Cl)c1F.Cl. The van der Waals surface area contributed by atoms with Crippen LogP contribution in [0.3, 0.4) is 0 Å². The van der Waals surface area contributed by atoms with Crippen molar-refractivity contribution in [1.29, 1.82) is 0 Å². The maximum atomic E-state index is 13.4. The van der Waals surface area contributed by atoms with Gasteiger partial charge in [-0.05, 0) is 18.6 Å². The molecule has 0 aliphatic carbocycles. The maximum absolute atomic E-state index is 13.4. The van der Waals surface area contributed by atoms with Crippen LogP contribution in [0.2, 0.25) is 5.02 Å². The molecule has 1 rings (SSSR count). The first-order valence-electron chi connectivity index (χ1n) is 4.07. The molecule has 0 spiro atoms. The van der Waals surface area contributed by atoms with Crippen LogP contribution in [0.15, 0.2) is 24.8 Å². The van der Waals surface area contributed by atoms with Crippen LogP contribution in [0.4, 0.5) is 8.78 Å². The highest BCUT2D eigenvalue weighted by Gasteiger charge is 2.17. The summed E-state index contributed by atoms with van der Waals surface area (Å²) in [6, 6.07) is 1.52. The second kappa shape index (κ2) is 6.05. The molecule has 0 unspecified atom stereocenters. The predicted molar refractivity (Wildman–Crippen MR) is 60.4 cm³/mol. The van der Waals surface area contributed by atoms with E-state index in [9.17, 15) is 8.78 Å². The second-order valence-electron chi connectivity index (χ2n) is 2.89. The highest BCUT2D eigenvalue weighted by molar-refractivity contribution is 6.30. The van der Waals surface area contributed by atoms with E-state index in [0.29, 0.717) is 6.42 Å². The number of hydrogen-bond donors (Lipinski definition) is 1. The summed E-state index contributed by atoms with van der Waals surface area (Å²) in [6.07, 6.45) is 1.80. The lowest BCUT2D eigenvalue weighted by Crippen LogP contribution is -2.13. The van der Waals surface area contributed by atoms with Gasteiger partial charge in [-0.1, -0.05) is 17.7 Å². The highest BCUT2D eigenvalue weighted by Crippen LogP contribution is 2.26. The first kappa shape index (κ1) is 14.4. The fraction of sp³-hybridized carbons (Fsp3) is 0.200. The fourth-order valence-corrected chi connectivity index (χ4v) is 1.34. The van der Waals surface area contributed by atoms with E-state index in [1.165, 1.54) is 6.08 Å². The molecule has 0 saturated carbocycles. The normalized spacial score (nSPS) is 11.7. The standard InChI is InChI=1S/C10H10ClF2N.ClH/c1-2-3-8(14)9-7(12)5-4-6(11)10(9)13;/h2,4-5,8H,1,3,14H2;1H/t8-;/m0./s1. The van der Waals surface area contributed by atoms with Gasteiger partial charge < -0.3 is 5.73 Å². The summed E-state index contributed by atoms with van der Waals surface area (Å²) in [4.78, 5) is 0. The molecular formula is C10H11Cl2F2N. The van der Waals surface area contributed by atoms with E-state index in [0.717, 1.165) is 12.1 Å². The molecule has 5 heteroatoms. The van der Waals surface area contributed by atoms with Crippen molar-refractivity contribution in [2.24, 2.45) is 5.73 Å². The quantitative estimate of drug-likeness (QED) is 0.647. The van der Waals surface area contributed by atoms with E-state index < -0.39 is 17.7 Å². The summed E-state index contributed by atoms with van der Waals surface area (Å²) < 4.78 is 26.5. The van der Waals surface area contributed by atoms with Gasteiger partial charge in [0, 0.05) is 11.6 Å². The Balaban J connectivity index is 0.00000196. The zero-order valence-electron chi connectivity index (χ0n) is 7.84. The molecule has 1 nitrogen and oxygen atoms in total. The zero-order valence-corrected chi connectivity index (χ0v) is 9.42. The molecule has 2 N–H and O–H groups in total. The highest BCUT2D eigenvalue weighted by atomic mass is 35.5. The van der Waals surface area contributed by atoms with Crippen molar-refractivity contribution in [3.05, 3.63) is 47.0 Å². The lowest BCUT2D eigenvalue weighted by molar-refractivity contribution is 0.527. The van der Waals surface area contributed by atoms with E-state index in [2.05, 4.69) is 6.58 Å².